The summed E-state index contributed by atoms with van der Waals surface area (Å²) in [6, 6.07) is 13.8. The number of hydroxylamine groups is 1. The number of rotatable bonds is 7. The molecule has 10 heteroatoms. The SMILES string of the molecule is CC(C)(C)OC[C@@H](NC(=O)OCC1c2ccccc2-c2ccccc21)C(=O)ON1N=NC2=CC=CC(=O)C21. The second-order valence-corrected chi connectivity index (χ2v) is 10.1. The highest BCUT2D eigenvalue weighted by Gasteiger charge is 2.39. The molecule has 0 aromatic heterocycles. The van der Waals surface area contributed by atoms with Crippen LogP contribution < -0.4 is 5.32 Å². The molecular weight excluding hydrogens is 488 g/mol. The van der Waals surface area contributed by atoms with Gasteiger partial charge >= 0.3 is 12.1 Å². The summed E-state index contributed by atoms with van der Waals surface area (Å²) in [6.07, 6.45) is 3.71. The van der Waals surface area contributed by atoms with Crippen LogP contribution >= 0.6 is 0 Å². The Hall–Kier alpha value is -4.31. The first-order valence-corrected chi connectivity index (χ1v) is 12.3. The average Bonchev–Trinajstić information content (AvgIpc) is 3.44. The summed E-state index contributed by atoms with van der Waals surface area (Å²) in [4.78, 5) is 43.5. The molecule has 2 aliphatic carbocycles. The molecule has 1 aliphatic heterocycles. The fourth-order valence-corrected chi connectivity index (χ4v) is 4.54. The summed E-state index contributed by atoms with van der Waals surface area (Å²) in [6.45, 7) is 5.36. The van der Waals surface area contributed by atoms with Gasteiger partial charge in [0, 0.05) is 5.92 Å². The molecule has 10 nitrogen and oxygen atoms in total. The minimum Gasteiger partial charge on any atom is -0.449 e. The first-order valence-electron chi connectivity index (χ1n) is 12.3. The van der Waals surface area contributed by atoms with Crippen molar-refractivity contribution in [2.75, 3.05) is 13.2 Å². The molecule has 5 rings (SSSR count). The third-order valence-corrected chi connectivity index (χ3v) is 6.33. The van der Waals surface area contributed by atoms with Gasteiger partial charge in [-0.05, 0) is 60.4 Å². The highest BCUT2D eigenvalue weighted by atomic mass is 16.7. The van der Waals surface area contributed by atoms with Crippen LogP contribution in [0.4, 0.5) is 4.79 Å². The van der Waals surface area contributed by atoms with E-state index in [1.54, 1.807) is 12.2 Å². The highest BCUT2D eigenvalue weighted by Crippen LogP contribution is 2.44. The van der Waals surface area contributed by atoms with Crippen molar-refractivity contribution >= 4 is 17.8 Å². The second-order valence-electron chi connectivity index (χ2n) is 10.1. The van der Waals surface area contributed by atoms with Crippen LogP contribution in [0.3, 0.4) is 0 Å². The highest BCUT2D eigenvalue weighted by molar-refractivity contribution is 5.98. The van der Waals surface area contributed by atoms with Crippen LogP contribution in [0, 0.1) is 0 Å². The normalized spacial score (nSPS) is 18.4. The summed E-state index contributed by atoms with van der Waals surface area (Å²) in [5.74, 6) is -1.33. The van der Waals surface area contributed by atoms with Crippen molar-refractivity contribution in [2.45, 2.75) is 44.4 Å². The number of ketones is 1. The summed E-state index contributed by atoms with van der Waals surface area (Å²) in [5.41, 5.74) is 4.13. The minimum atomic E-state index is -1.22. The van der Waals surface area contributed by atoms with Gasteiger partial charge in [-0.15, -0.1) is 5.11 Å². The number of hydrogen-bond donors (Lipinski definition) is 1. The van der Waals surface area contributed by atoms with E-state index in [0.29, 0.717) is 5.70 Å². The number of carbonyl (C=O) groups excluding carboxylic acids is 3. The number of nitrogens with one attached hydrogen (secondary N) is 1. The van der Waals surface area contributed by atoms with Gasteiger partial charge in [-0.2, -0.15) is 0 Å². The zero-order valence-corrected chi connectivity index (χ0v) is 21.3. The Morgan fingerprint density at radius 1 is 1.05 bits per heavy atom. The van der Waals surface area contributed by atoms with Crippen molar-refractivity contribution in [3.8, 4) is 11.1 Å². The first kappa shape index (κ1) is 25.3. The Morgan fingerprint density at radius 3 is 2.37 bits per heavy atom. The number of nitrogens with zero attached hydrogens (tertiary/aromatic N) is 3. The predicted octanol–water partition coefficient (Wildman–Crippen LogP) is 4.24. The molecule has 2 aromatic rings. The Morgan fingerprint density at radius 2 is 1.71 bits per heavy atom. The van der Waals surface area contributed by atoms with E-state index in [-0.39, 0.29) is 24.9 Å². The van der Waals surface area contributed by atoms with E-state index in [0.717, 1.165) is 27.4 Å². The van der Waals surface area contributed by atoms with E-state index < -0.39 is 29.7 Å². The van der Waals surface area contributed by atoms with E-state index in [1.165, 1.54) is 6.08 Å². The van der Waals surface area contributed by atoms with Gasteiger partial charge in [0.05, 0.1) is 12.2 Å². The van der Waals surface area contributed by atoms with Crippen LogP contribution in [0.5, 0.6) is 0 Å². The number of alkyl carbamates (subject to hydrolysis) is 1. The summed E-state index contributed by atoms with van der Waals surface area (Å²) >= 11 is 0. The van der Waals surface area contributed by atoms with Crippen LogP contribution in [-0.4, -0.2) is 53.9 Å². The average molecular weight is 517 g/mol. The summed E-state index contributed by atoms with van der Waals surface area (Å²) < 4.78 is 11.3. The molecule has 2 atom stereocenters. The van der Waals surface area contributed by atoms with Crippen LogP contribution in [-0.2, 0) is 23.9 Å². The van der Waals surface area contributed by atoms with Gasteiger partial charge in [0.2, 0.25) is 0 Å². The van der Waals surface area contributed by atoms with Crippen LogP contribution in [0.1, 0.15) is 37.8 Å². The summed E-state index contributed by atoms with van der Waals surface area (Å²) in [7, 11) is 0. The Balaban J connectivity index is 1.25. The zero-order valence-electron chi connectivity index (χ0n) is 21.3. The lowest BCUT2D eigenvalue weighted by molar-refractivity contribution is -0.201. The Bertz CT molecular complexity index is 1310. The van der Waals surface area contributed by atoms with Crippen molar-refractivity contribution in [2.24, 2.45) is 10.3 Å². The lowest BCUT2D eigenvalue weighted by Gasteiger charge is -2.26. The van der Waals surface area contributed by atoms with Gasteiger partial charge < -0.3 is 19.6 Å². The third kappa shape index (κ3) is 5.21. The second kappa shape index (κ2) is 10.2. The van der Waals surface area contributed by atoms with E-state index in [2.05, 4.69) is 15.7 Å². The van der Waals surface area contributed by atoms with Crippen LogP contribution in [0.25, 0.3) is 11.1 Å². The predicted molar refractivity (Wildman–Crippen MR) is 137 cm³/mol. The molecule has 0 fully saturated rings. The number of amides is 1. The van der Waals surface area contributed by atoms with Gasteiger partial charge in [-0.25, -0.2) is 9.59 Å². The molecule has 0 saturated carbocycles. The molecule has 0 spiro atoms. The minimum absolute atomic E-state index is 0.0825. The third-order valence-electron chi connectivity index (χ3n) is 6.33. The number of fused-ring (bicyclic) bond motifs is 4. The Labute approximate surface area is 219 Å². The lowest BCUT2D eigenvalue weighted by atomic mass is 9.98. The molecule has 1 amide bonds. The molecule has 38 heavy (non-hydrogen) atoms. The maximum Gasteiger partial charge on any atom is 0.407 e. The number of carbonyl (C=O) groups is 3. The summed E-state index contributed by atoms with van der Waals surface area (Å²) in [5, 5.41) is 11.0. The van der Waals surface area contributed by atoms with E-state index in [1.807, 2.05) is 69.3 Å². The number of hydrogen-bond acceptors (Lipinski definition) is 9. The number of ether oxygens (including phenoxy) is 2. The molecular formula is C28H28N4O6. The van der Waals surface area contributed by atoms with Gasteiger partial charge in [0.15, 0.2) is 17.9 Å². The van der Waals surface area contributed by atoms with E-state index in [9.17, 15) is 14.4 Å². The van der Waals surface area contributed by atoms with Crippen molar-refractivity contribution in [3.05, 3.63) is 83.6 Å². The fourth-order valence-electron chi connectivity index (χ4n) is 4.54. The largest absolute Gasteiger partial charge is 0.449 e. The quantitative estimate of drug-likeness (QED) is 0.585. The molecule has 0 radical (unpaired) electrons. The topological polar surface area (TPSA) is 119 Å². The van der Waals surface area contributed by atoms with Gasteiger partial charge in [-0.1, -0.05) is 59.8 Å². The van der Waals surface area contributed by atoms with Crippen LogP contribution in [0.15, 0.2) is 82.8 Å². The molecule has 1 heterocycles. The van der Waals surface area contributed by atoms with E-state index >= 15 is 0 Å². The van der Waals surface area contributed by atoms with Crippen molar-refractivity contribution in [1.29, 1.82) is 0 Å². The van der Waals surface area contributed by atoms with Gasteiger partial charge in [-0.3, -0.25) is 4.79 Å². The van der Waals surface area contributed by atoms with Gasteiger partial charge in [0.1, 0.15) is 12.3 Å². The van der Waals surface area contributed by atoms with E-state index in [4.69, 9.17) is 14.3 Å². The fraction of sp³-hybridized carbons (Fsp3) is 0.321. The first-order chi connectivity index (χ1) is 18.2. The molecule has 0 saturated heterocycles. The van der Waals surface area contributed by atoms with Crippen molar-refractivity contribution in [3.63, 3.8) is 0 Å². The smallest absolute Gasteiger partial charge is 0.407 e. The molecule has 1 unspecified atom stereocenters. The molecule has 3 aliphatic rings. The standard InChI is InChI=1S/C28H28N4O6/c1-28(2,3)37-16-23(26(34)38-32-25-22(30-31-32)13-8-14-24(25)33)29-27(35)36-15-21-19-11-6-4-9-17(19)18-10-5-7-12-20(18)21/h4-14,21,23,25H,15-16H2,1-3H3,(H,29,35)/t23-,25?/m1/s1. The van der Waals surface area contributed by atoms with Crippen LogP contribution in [0.2, 0.25) is 0 Å². The zero-order chi connectivity index (χ0) is 26.9. The lowest BCUT2D eigenvalue weighted by Crippen LogP contribution is -2.49. The molecule has 196 valence electrons. The van der Waals surface area contributed by atoms with Crippen molar-refractivity contribution < 1.29 is 28.7 Å². The number of benzene rings is 2. The number of allylic oxidation sites excluding steroid dienone is 2. The van der Waals surface area contributed by atoms with Gasteiger partial charge in [0.25, 0.3) is 0 Å². The maximum absolute atomic E-state index is 13.1. The van der Waals surface area contributed by atoms with Crippen molar-refractivity contribution in [1.82, 2.24) is 10.5 Å². The maximum atomic E-state index is 13.1. The Kier molecular flexibility index (Phi) is 6.81. The molecule has 1 N–H and O–H groups in total. The molecule has 2 aromatic carbocycles. The molecule has 0 bridgehead atoms. The monoisotopic (exact) mass is 516 g/mol.